The van der Waals surface area contributed by atoms with Crippen molar-refractivity contribution in [2.45, 2.75) is 0 Å². The van der Waals surface area contributed by atoms with Gasteiger partial charge in [0.2, 0.25) is 0 Å². The van der Waals surface area contributed by atoms with Crippen LogP contribution in [0, 0.1) is 0 Å². The van der Waals surface area contributed by atoms with Gasteiger partial charge in [-0.2, -0.15) is 0 Å². The summed E-state index contributed by atoms with van der Waals surface area (Å²) in [5.41, 5.74) is 1.07. The first-order chi connectivity index (χ1) is 10.2. The molecular weight excluding hydrogens is 272 g/mol. The molecule has 3 aromatic rings. The fourth-order valence-electron chi connectivity index (χ4n) is 2.11. The van der Waals surface area contributed by atoms with Crippen LogP contribution < -0.4 is 15.0 Å². The van der Waals surface area contributed by atoms with Crippen molar-refractivity contribution in [1.29, 1.82) is 0 Å². The normalized spacial score (nSPS) is 10.6. The zero-order chi connectivity index (χ0) is 14.8. The van der Waals surface area contributed by atoms with Crippen LogP contribution in [0.25, 0.3) is 17.1 Å². The Kier molecular flexibility index (Phi) is 3.27. The summed E-state index contributed by atoms with van der Waals surface area (Å²) in [6.07, 6.45) is 1.56. The molecule has 0 atom stereocenters. The lowest BCUT2D eigenvalue weighted by molar-refractivity contribution is 0.354. The van der Waals surface area contributed by atoms with Crippen molar-refractivity contribution >= 4 is 0 Å². The Morgan fingerprint density at radius 3 is 2.57 bits per heavy atom. The van der Waals surface area contributed by atoms with Crippen molar-refractivity contribution in [3.8, 4) is 28.6 Å². The molecule has 3 rings (SSSR count). The second-order valence-electron chi connectivity index (χ2n) is 4.36. The number of nitrogens with zero attached hydrogens (tertiary/aromatic N) is 1. The lowest BCUT2D eigenvalue weighted by atomic mass is 10.3. The molecule has 6 nitrogen and oxygen atoms in total. The van der Waals surface area contributed by atoms with Gasteiger partial charge in [0.05, 0.1) is 26.2 Å². The number of aromatic amines is 1. The third-order valence-electron chi connectivity index (χ3n) is 3.13. The molecule has 0 aliphatic rings. The number of hydrogen-bond acceptors (Lipinski definition) is 4. The molecular formula is C15H14N2O4. The van der Waals surface area contributed by atoms with Crippen molar-refractivity contribution in [2.75, 3.05) is 14.2 Å². The van der Waals surface area contributed by atoms with Gasteiger partial charge in [0.25, 0.3) is 5.56 Å². The molecule has 6 heteroatoms. The molecule has 0 radical (unpaired) electrons. The average Bonchev–Trinajstić information content (AvgIpc) is 3.15. The van der Waals surface area contributed by atoms with Crippen LogP contribution in [-0.4, -0.2) is 24.0 Å². The zero-order valence-electron chi connectivity index (χ0n) is 11.6. The maximum atomic E-state index is 12.1. The van der Waals surface area contributed by atoms with E-state index in [4.69, 9.17) is 13.9 Å². The number of rotatable bonds is 4. The van der Waals surface area contributed by atoms with Gasteiger partial charge in [0, 0.05) is 12.1 Å². The highest BCUT2D eigenvalue weighted by molar-refractivity contribution is 5.53. The van der Waals surface area contributed by atoms with Crippen LogP contribution in [0.4, 0.5) is 0 Å². The molecule has 0 spiro atoms. The minimum atomic E-state index is -0.186. The smallest absolute Gasteiger partial charge is 0.271 e. The molecule has 0 amide bonds. The third-order valence-corrected chi connectivity index (χ3v) is 3.13. The van der Waals surface area contributed by atoms with Gasteiger partial charge in [-0.3, -0.25) is 9.89 Å². The highest BCUT2D eigenvalue weighted by Crippen LogP contribution is 2.28. The lowest BCUT2D eigenvalue weighted by Crippen LogP contribution is -2.13. The number of H-pyrrole nitrogens is 1. The predicted octanol–water partition coefficient (Wildman–Crippen LogP) is 2.44. The SMILES string of the molecule is COc1ccc(-n2[nH]c(-c3ccco3)cc2=O)cc1OC. The molecule has 0 bridgehead atoms. The molecule has 0 aliphatic heterocycles. The van der Waals surface area contributed by atoms with Gasteiger partial charge in [-0.05, 0) is 24.3 Å². The standard InChI is InChI=1S/C15H14N2O4/c1-19-13-6-5-10(8-14(13)20-2)17-15(18)9-11(16-17)12-4-3-7-21-12/h3-9,16H,1-2H3. The van der Waals surface area contributed by atoms with Crippen molar-refractivity contribution < 1.29 is 13.9 Å². The predicted molar refractivity (Wildman–Crippen MR) is 77.2 cm³/mol. The number of furan rings is 1. The van der Waals surface area contributed by atoms with Crippen LogP contribution >= 0.6 is 0 Å². The van der Waals surface area contributed by atoms with E-state index in [1.54, 1.807) is 50.8 Å². The molecule has 2 heterocycles. The van der Waals surface area contributed by atoms with E-state index >= 15 is 0 Å². The van der Waals surface area contributed by atoms with Gasteiger partial charge < -0.3 is 13.9 Å². The fourth-order valence-corrected chi connectivity index (χ4v) is 2.11. The second kappa shape index (κ2) is 5.24. The Bertz CT molecular complexity index is 799. The van der Waals surface area contributed by atoms with E-state index in [2.05, 4.69) is 5.10 Å². The van der Waals surface area contributed by atoms with Crippen molar-refractivity contribution in [3.05, 3.63) is 53.0 Å². The van der Waals surface area contributed by atoms with Gasteiger partial charge in [-0.1, -0.05) is 0 Å². The maximum Gasteiger partial charge on any atom is 0.271 e. The van der Waals surface area contributed by atoms with Gasteiger partial charge in [0.1, 0.15) is 5.69 Å². The van der Waals surface area contributed by atoms with E-state index in [9.17, 15) is 4.79 Å². The van der Waals surface area contributed by atoms with Gasteiger partial charge >= 0.3 is 0 Å². The number of hydrogen-bond donors (Lipinski definition) is 1. The summed E-state index contributed by atoms with van der Waals surface area (Å²) in [5.74, 6) is 1.76. The van der Waals surface area contributed by atoms with Crippen LogP contribution in [0.5, 0.6) is 11.5 Å². The Hall–Kier alpha value is -2.89. The summed E-state index contributed by atoms with van der Waals surface area (Å²) in [6, 6.07) is 10.3. The van der Waals surface area contributed by atoms with Crippen molar-refractivity contribution in [3.63, 3.8) is 0 Å². The Labute approximate surface area is 120 Å². The first kappa shape index (κ1) is 13.1. The maximum absolute atomic E-state index is 12.1. The molecule has 0 saturated heterocycles. The number of methoxy groups -OCH3 is 2. The number of benzene rings is 1. The average molecular weight is 286 g/mol. The van der Waals surface area contributed by atoms with E-state index in [1.165, 1.54) is 10.7 Å². The van der Waals surface area contributed by atoms with Gasteiger partial charge in [0.15, 0.2) is 17.3 Å². The first-order valence-electron chi connectivity index (χ1n) is 6.31. The number of ether oxygens (including phenoxy) is 2. The molecule has 0 saturated carbocycles. The molecule has 1 aromatic carbocycles. The molecule has 0 unspecified atom stereocenters. The summed E-state index contributed by atoms with van der Waals surface area (Å²) in [7, 11) is 3.11. The number of nitrogens with one attached hydrogen (secondary N) is 1. The fraction of sp³-hybridized carbons (Fsp3) is 0.133. The topological polar surface area (TPSA) is 69.4 Å². The summed E-state index contributed by atoms with van der Waals surface area (Å²) in [6.45, 7) is 0. The van der Waals surface area contributed by atoms with Crippen LogP contribution in [0.1, 0.15) is 0 Å². The molecule has 0 aliphatic carbocycles. The van der Waals surface area contributed by atoms with Crippen molar-refractivity contribution in [1.82, 2.24) is 9.78 Å². The zero-order valence-corrected chi connectivity index (χ0v) is 11.6. The van der Waals surface area contributed by atoms with E-state index in [0.29, 0.717) is 28.6 Å². The molecule has 108 valence electrons. The largest absolute Gasteiger partial charge is 0.493 e. The van der Waals surface area contributed by atoms with Crippen LogP contribution in [0.15, 0.2) is 51.9 Å². The van der Waals surface area contributed by atoms with Gasteiger partial charge in [-0.15, -0.1) is 0 Å². The van der Waals surface area contributed by atoms with Crippen LogP contribution in [0.2, 0.25) is 0 Å². The van der Waals surface area contributed by atoms with Crippen LogP contribution in [0.3, 0.4) is 0 Å². The Morgan fingerprint density at radius 1 is 1.10 bits per heavy atom. The molecule has 0 fully saturated rings. The van der Waals surface area contributed by atoms with E-state index in [0.717, 1.165) is 0 Å². The first-order valence-corrected chi connectivity index (χ1v) is 6.31. The minimum Gasteiger partial charge on any atom is -0.493 e. The molecule has 1 N–H and O–H groups in total. The van der Waals surface area contributed by atoms with E-state index in [1.807, 2.05) is 0 Å². The third kappa shape index (κ3) is 2.31. The molecule has 2 aromatic heterocycles. The molecule has 21 heavy (non-hydrogen) atoms. The Balaban J connectivity index is 2.07. The Morgan fingerprint density at radius 2 is 1.90 bits per heavy atom. The van der Waals surface area contributed by atoms with E-state index < -0.39 is 0 Å². The highest BCUT2D eigenvalue weighted by Gasteiger charge is 2.11. The van der Waals surface area contributed by atoms with E-state index in [-0.39, 0.29) is 5.56 Å². The summed E-state index contributed by atoms with van der Waals surface area (Å²) in [5, 5.41) is 3.00. The second-order valence-corrected chi connectivity index (χ2v) is 4.36. The monoisotopic (exact) mass is 286 g/mol. The number of aromatic nitrogens is 2. The minimum absolute atomic E-state index is 0.186. The van der Waals surface area contributed by atoms with Gasteiger partial charge in [-0.25, -0.2) is 4.68 Å². The quantitative estimate of drug-likeness (QED) is 0.799. The summed E-state index contributed by atoms with van der Waals surface area (Å²) < 4.78 is 17.1. The lowest BCUT2D eigenvalue weighted by Gasteiger charge is -2.09. The highest BCUT2D eigenvalue weighted by atomic mass is 16.5. The summed E-state index contributed by atoms with van der Waals surface area (Å²) in [4.78, 5) is 12.1. The van der Waals surface area contributed by atoms with Crippen molar-refractivity contribution in [2.24, 2.45) is 0 Å². The summed E-state index contributed by atoms with van der Waals surface area (Å²) >= 11 is 0. The van der Waals surface area contributed by atoms with Crippen LogP contribution in [-0.2, 0) is 0 Å².